The first-order valence-electron chi connectivity index (χ1n) is 7.19. The molecule has 1 saturated heterocycles. The van der Waals surface area contributed by atoms with Crippen LogP contribution in [0.5, 0.6) is 0 Å². The molecule has 0 saturated carbocycles. The lowest BCUT2D eigenvalue weighted by atomic mass is 10.1. The van der Waals surface area contributed by atoms with Crippen molar-refractivity contribution in [3.63, 3.8) is 0 Å². The van der Waals surface area contributed by atoms with Gasteiger partial charge < -0.3 is 9.80 Å². The van der Waals surface area contributed by atoms with Gasteiger partial charge in [-0.25, -0.2) is 9.97 Å². The van der Waals surface area contributed by atoms with Crippen molar-refractivity contribution in [3.05, 3.63) is 46.3 Å². The van der Waals surface area contributed by atoms with E-state index in [-0.39, 0.29) is 0 Å². The highest BCUT2D eigenvalue weighted by Gasteiger charge is 2.19. The molecule has 1 aliphatic heterocycles. The van der Waals surface area contributed by atoms with E-state index in [9.17, 15) is 0 Å². The van der Waals surface area contributed by atoms with Crippen molar-refractivity contribution in [3.8, 4) is 0 Å². The molecule has 4 nitrogen and oxygen atoms in total. The Bertz CT molecular complexity index is 636. The predicted octanol–water partition coefficient (Wildman–Crippen LogP) is 3.18. The molecule has 1 aromatic heterocycles. The fourth-order valence-corrected chi connectivity index (χ4v) is 3.05. The van der Waals surface area contributed by atoms with Crippen molar-refractivity contribution in [1.82, 2.24) is 9.97 Å². The van der Waals surface area contributed by atoms with Crippen molar-refractivity contribution in [2.75, 3.05) is 36.0 Å². The van der Waals surface area contributed by atoms with Crippen LogP contribution in [-0.2, 0) is 0 Å². The maximum atomic E-state index is 4.36. The third-order valence-corrected chi connectivity index (χ3v) is 4.57. The van der Waals surface area contributed by atoms with E-state index in [1.807, 2.05) is 6.07 Å². The van der Waals surface area contributed by atoms with Gasteiger partial charge in [0.2, 0.25) is 0 Å². The summed E-state index contributed by atoms with van der Waals surface area (Å²) >= 11 is 3.41. The molecule has 0 amide bonds. The van der Waals surface area contributed by atoms with Crippen LogP contribution in [0.25, 0.3) is 0 Å². The zero-order valence-electron chi connectivity index (χ0n) is 12.4. The van der Waals surface area contributed by atoms with Crippen molar-refractivity contribution in [2.24, 2.45) is 0 Å². The molecule has 0 spiro atoms. The number of hydrogen-bond acceptors (Lipinski definition) is 4. The van der Waals surface area contributed by atoms with Crippen molar-refractivity contribution in [1.29, 1.82) is 0 Å². The quantitative estimate of drug-likeness (QED) is 0.781. The Hall–Kier alpha value is -1.62. The standard InChI is InChI=1S/C16H19BrN4/c1-12-4-3-5-14(13(12)2)20-6-8-21(9-7-20)16-10-15(17)18-11-19-16/h3-5,10-11H,6-9H2,1-2H3. The summed E-state index contributed by atoms with van der Waals surface area (Å²) in [6, 6.07) is 8.52. The number of halogens is 1. The SMILES string of the molecule is Cc1cccc(N2CCN(c3cc(Br)ncn3)CC2)c1C. The van der Waals surface area contributed by atoms with Gasteiger partial charge in [0.05, 0.1) is 0 Å². The fraction of sp³-hybridized carbons (Fsp3) is 0.375. The molecule has 0 atom stereocenters. The largest absolute Gasteiger partial charge is 0.368 e. The van der Waals surface area contributed by atoms with Gasteiger partial charge >= 0.3 is 0 Å². The molecule has 2 heterocycles. The molecule has 110 valence electrons. The lowest BCUT2D eigenvalue weighted by Crippen LogP contribution is -2.47. The molecular weight excluding hydrogens is 328 g/mol. The van der Waals surface area contributed by atoms with Crippen LogP contribution in [0.3, 0.4) is 0 Å². The summed E-state index contributed by atoms with van der Waals surface area (Å²) in [5.74, 6) is 0.998. The molecule has 0 unspecified atom stereocenters. The lowest BCUT2D eigenvalue weighted by molar-refractivity contribution is 0.645. The molecule has 1 aliphatic rings. The van der Waals surface area contributed by atoms with Crippen LogP contribution in [0.4, 0.5) is 11.5 Å². The summed E-state index contributed by atoms with van der Waals surface area (Å²) in [4.78, 5) is 13.2. The van der Waals surface area contributed by atoms with E-state index in [0.29, 0.717) is 0 Å². The molecule has 0 N–H and O–H groups in total. The van der Waals surface area contributed by atoms with Gasteiger partial charge in [0.1, 0.15) is 16.7 Å². The van der Waals surface area contributed by atoms with Gasteiger partial charge in [0, 0.05) is 37.9 Å². The van der Waals surface area contributed by atoms with Gasteiger partial charge in [-0.3, -0.25) is 0 Å². The van der Waals surface area contributed by atoms with E-state index in [1.165, 1.54) is 16.8 Å². The first-order valence-corrected chi connectivity index (χ1v) is 7.98. The number of benzene rings is 1. The molecule has 3 rings (SSSR count). The number of rotatable bonds is 2. The molecule has 1 aromatic carbocycles. The summed E-state index contributed by atoms with van der Waals surface area (Å²) in [6.07, 6.45) is 1.61. The average Bonchev–Trinajstić information content (AvgIpc) is 2.50. The predicted molar refractivity (Wildman–Crippen MR) is 90.1 cm³/mol. The van der Waals surface area contributed by atoms with E-state index in [1.54, 1.807) is 6.33 Å². The van der Waals surface area contributed by atoms with Crippen molar-refractivity contribution in [2.45, 2.75) is 13.8 Å². The van der Waals surface area contributed by atoms with Crippen LogP contribution in [-0.4, -0.2) is 36.1 Å². The molecule has 1 fully saturated rings. The number of aromatic nitrogens is 2. The van der Waals surface area contributed by atoms with Crippen LogP contribution in [0.15, 0.2) is 35.2 Å². The number of aryl methyl sites for hydroxylation is 1. The second kappa shape index (κ2) is 6.02. The van der Waals surface area contributed by atoms with Crippen LogP contribution in [0.2, 0.25) is 0 Å². The number of hydrogen-bond donors (Lipinski definition) is 0. The lowest BCUT2D eigenvalue weighted by Gasteiger charge is -2.37. The minimum atomic E-state index is 0.837. The van der Waals surface area contributed by atoms with Gasteiger partial charge in [0.15, 0.2) is 0 Å². The number of nitrogens with zero attached hydrogens (tertiary/aromatic N) is 4. The van der Waals surface area contributed by atoms with Gasteiger partial charge in [-0.15, -0.1) is 0 Å². The minimum Gasteiger partial charge on any atom is -0.368 e. The van der Waals surface area contributed by atoms with Crippen molar-refractivity contribution >= 4 is 27.4 Å². The van der Waals surface area contributed by atoms with Gasteiger partial charge in [0.25, 0.3) is 0 Å². The Kier molecular flexibility index (Phi) is 4.10. The Morgan fingerprint density at radius 1 is 1.00 bits per heavy atom. The molecule has 0 aliphatic carbocycles. The van der Waals surface area contributed by atoms with E-state index in [4.69, 9.17) is 0 Å². The van der Waals surface area contributed by atoms with Crippen LogP contribution in [0.1, 0.15) is 11.1 Å². The topological polar surface area (TPSA) is 32.3 Å². The Balaban J connectivity index is 1.72. The summed E-state index contributed by atoms with van der Waals surface area (Å²) in [5.41, 5.74) is 4.10. The zero-order valence-corrected chi connectivity index (χ0v) is 14.0. The number of piperazine rings is 1. The summed E-state index contributed by atoms with van der Waals surface area (Å²) < 4.78 is 0.837. The normalized spacial score (nSPS) is 15.4. The smallest absolute Gasteiger partial charge is 0.133 e. The fourth-order valence-electron chi connectivity index (χ4n) is 2.75. The second-order valence-corrected chi connectivity index (χ2v) is 6.20. The maximum absolute atomic E-state index is 4.36. The van der Waals surface area contributed by atoms with Crippen LogP contribution in [0, 0.1) is 13.8 Å². The van der Waals surface area contributed by atoms with E-state index in [2.05, 4.69) is 67.7 Å². The Labute approximate surface area is 133 Å². The van der Waals surface area contributed by atoms with Crippen LogP contribution < -0.4 is 9.80 Å². The summed E-state index contributed by atoms with van der Waals surface area (Å²) in [7, 11) is 0. The monoisotopic (exact) mass is 346 g/mol. The molecular formula is C16H19BrN4. The first-order chi connectivity index (χ1) is 10.1. The molecule has 21 heavy (non-hydrogen) atoms. The Morgan fingerprint density at radius 3 is 2.43 bits per heavy atom. The number of anilines is 2. The van der Waals surface area contributed by atoms with Gasteiger partial charge in [-0.2, -0.15) is 0 Å². The minimum absolute atomic E-state index is 0.837. The van der Waals surface area contributed by atoms with Crippen molar-refractivity contribution < 1.29 is 0 Å². The average molecular weight is 347 g/mol. The highest BCUT2D eigenvalue weighted by atomic mass is 79.9. The maximum Gasteiger partial charge on any atom is 0.133 e. The van der Waals surface area contributed by atoms with Crippen LogP contribution >= 0.6 is 15.9 Å². The van der Waals surface area contributed by atoms with Gasteiger partial charge in [-0.05, 0) is 47.0 Å². The molecule has 0 bridgehead atoms. The highest BCUT2D eigenvalue weighted by molar-refractivity contribution is 9.10. The van der Waals surface area contributed by atoms with E-state index >= 15 is 0 Å². The highest BCUT2D eigenvalue weighted by Crippen LogP contribution is 2.25. The summed E-state index contributed by atoms with van der Waals surface area (Å²) in [5, 5.41) is 0. The molecule has 5 heteroatoms. The van der Waals surface area contributed by atoms with Gasteiger partial charge in [-0.1, -0.05) is 12.1 Å². The van der Waals surface area contributed by atoms with E-state index in [0.717, 1.165) is 36.6 Å². The summed E-state index contributed by atoms with van der Waals surface area (Å²) in [6.45, 7) is 8.39. The third-order valence-electron chi connectivity index (χ3n) is 4.14. The third kappa shape index (κ3) is 3.02. The molecule has 0 radical (unpaired) electrons. The zero-order chi connectivity index (χ0) is 14.8. The molecule has 2 aromatic rings. The van der Waals surface area contributed by atoms with E-state index < -0.39 is 0 Å². The second-order valence-electron chi connectivity index (χ2n) is 5.39. The first kappa shape index (κ1) is 14.3. The Morgan fingerprint density at radius 2 is 1.71 bits per heavy atom.